The van der Waals surface area contributed by atoms with Crippen LogP contribution >= 0.6 is 0 Å². The lowest BCUT2D eigenvalue weighted by Crippen LogP contribution is -2.11. The van der Waals surface area contributed by atoms with Crippen molar-refractivity contribution >= 4 is 12.4 Å². The molecule has 0 N–H and O–H groups in total. The molecule has 3 rings (SSSR count). The van der Waals surface area contributed by atoms with Gasteiger partial charge in [0.1, 0.15) is 18.1 Å². The van der Waals surface area contributed by atoms with Crippen LogP contribution in [0.2, 0.25) is 0 Å². The third kappa shape index (κ3) is 5.62. The minimum atomic E-state index is 0.167. The fourth-order valence-corrected chi connectivity index (χ4v) is 3.75. The summed E-state index contributed by atoms with van der Waals surface area (Å²) in [6.07, 6.45) is 9.44. The number of nitrogens with zero attached hydrogens (tertiary/aromatic N) is 2. The molecule has 4 nitrogen and oxygen atoms in total. The molecule has 32 heavy (non-hydrogen) atoms. The first-order valence-electron chi connectivity index (χ1n) is 10.8. The van der Waals surface area contributed by atoms with Crippen LogP contribution in [0.15, 0.2) is 77.6 Å². The Kier molecular flexibility index (Phi) is 8.18. The van der Waals surface area contributed by atoms with E-state index in [0.717, 1.165) is 41.4 Å². The summed E-state index contributed by atoms with van der Waals surface area (Å²) in [6, 6.07) is 20.2. The molecule has 0 fully saturated rings. The zero-order chi connectivity index (χ0) is 22.8. The van der Waals surface area contributed by atoms with Crippen LogP contribution in [0, 0.1) is 28.6 Å². The van der Waals surface area contributed by atoms with E-state index in [1.807, 2.05) is 66.8 Å². The van der Waals surface area contributed by atoms with E-state index < -0.39 is 0 Å². The van der Waals surface area contributed by atoms with Gasteiger partial charge in [0.15, 0.2) is 0 Å². The largest absolute Gasteiger partial charge is 0.493 e. The number of hydrogen-bond donors (Lipinski definition) is 0. The standard InChI is InChI=1S/C28H26N2O2/c1-21-17-25(20-31)28(32-16-7-3-6-15-29)18-24(21)14-13-23-11-8-12-26(27(23)19-30)22-9-4-2-5-10-22/h2,4-5,8-14,18,20-21H,3,6-7,16-17H2,1H3/b14-13+. The smallest absolute Gasteiger partial charge is 0.149 e. The van der Waals surface area contributed by atoms with Gasteiger partial charge in [0.05, 0.1) is 18.2 Å². The zero-order valence-corrected chi connectivity index (χ0v) is 18.3. The number of hydrogen-bond acceptors (Lipinski definition) is 4. The lowest BCUT2D eigenvalue weighted by Gasteiger charge is -2.22. The highest BCUT2D eigenvalue weighted by Gasteiger charge is 2.19. The van der Waals surface area contributed by atoms with E-state index in [4.69, 9.17) is 10.00 Å². The molecule has 0 aliphatic heterocycles. The normalized spacial score (nSPS) is 15.7. The molecule has 0 heterocycles. The van der Waals surface area contributed by atoms with Gasteiger partial charge in [-0.05, 0) is 48.0 Å². The number of carbonyl (C=O) groups excluding carboxylic acids is 1. The van der Waals surface area contributed by atoms with Gasteiger partial charge >= 0.3 is 0 Å². The second-order valence-electron chi connectivity index (χ2n) is 7.80. The predicted octanol–water partition coefficient (Wildman–Crippen LogP) is 6.37. The molecule has 160 valence electrons. The van der Waals surface area contributed by atoms with Crippen LogP contribution in [0.4, 0.5) is 0 Å². The highest BCUT2D eigenvalue weighted by molar-refractivity contribution is 5.78. The lowest BCUT2D eigenvalue weighted by atomic mass is 9.87. The van der Waals surface area contributed by atoms with Gasteiger partial charge in [-0.2, -0.15) is 10.5 Å². The van der Waals surface area contributed by atoms with Crippen LogP contribution in [-0.4, -0.2) is 12.9 Å². The van der Waals surface area contributed by atoms with Crippen LogP contribution in [0.3, 0.4) is 0 Å². The second kappa shape index (κ2) is 11.5. The average Bonchev–Trinajstić information content (AvgIpc) is 2.83. The summed E-state index contributed by atoms with van der Waals surface area (Å²) in [6.45, 7) is 2.56. The second-order valence-corrected chi connectivity index (χ2v) is 7.80. The summed E-state index contributed by atoms with van der Waals surface area (Å²) in [5.74, 6) is 0.772. The van der Waals surface area contributed by atoms with Crippen molar-refractivity contribution in [1.29, 1.82) is 10.5 Å². The van der Waals surface area contributed by atoms with Crippen molar-refractivity contribution in [3.05, 3.63) is 88.7 Å². The Morgan fingerprint density at radius 1 is 1.06 bits per heavy atom. The van der Waals surface area contributed by atoms with E-state index in [-0.39, 0.29) is 5.92 Å². The van der Waals surface area contributed by atoms with E-state index in [9.17, 15) is 10.1 Å². The fourth-order valence-electron chi connectivity index (χ4n) is 3.75. The molecule has 2 aromatic rings. The molecule has 0 bridgehead atoms. The minimum absolute atomic E-state index is 0.167. The third-order valence-corrected chi connectivity index (χ3v) is 5.54. The number of allylic oxidation sites excluding steroid dienone is 4. The number of ether oxygens (including phenoxy) is 1. The maximum Gasteiger partial charge on any atom is 0.149 e. The van der Waals surface area contributed by atoms with Gasteiger partial charge in [-0.15, -0.1) is 0 Å². The van der Waals surface area contributed by atoms with E-state index in [2.05, 4.69) is 19.1 Å². The maximum absolute atomic E-state index is 11.5. The molecule has 0 amide bonds. The van der Waals surface area contributed by atoms with Gasteiger partial charge in [-0.1, -0.05) is 67.6 Å². The van der Waals surface area contributed by atoms with E-state index in [1.54, 1.807) is 0 Å². The molecule has 4 heteroatoms. The summed E-state index contributed by atoms with van der Waals surface area (Å²) in [7, 11) is 0. The molecule has 1 aliphatic rings. The van der Waals surface area contributed by atoms with E-state index >= 15 is 0 Å². The molecular formula is C28H26N2O2. The molecule has 2 aromatic carbocycles. The summed E-state index contributed by atoms with van der Waals surface area (Å²) >= 11 is 0. The van der Waals surface area contributed by atoms with Crippen molar-refractivity contribution in [2.24, 2.45) is 5.92 Å². The van der Waals surface area contributed by atoms with Gasteiger partial charge in [0.25, 0.3) is 0 Å². The predicted molar refractivity (Wildman–Crippen MR) is 126 cm³/mol. The van der Waals surface area contributed by atoms with Crippen LogP contribution in [0.5, 0.6) is 0 Å². The van der Waals surface area contributed by atoms with Crippen LogP contribution in [0.1, 0.15) is 43.7 Å². The Bertz CT molecular complexity index is 1130. The van der Waals surface area contributed by atoms with Crippen molar-refractivity contribution in [2.45, 2.75) is 32.6 Å². The number of benzene rings is 2. The third-order valence-electron chi connectivity index (χ3n) is 5.54. The summed E-state index contributed by atoms with van der Waals surface area (Å²) < 4.78 is 5.86. The first-order chi connectivity index (χ1) is 15.7. The van der Waals surface area contributed by atoms with Crippen molar-refractivity contribution in [3.8, 4) is 23.3 Å². The number of nitriles is 2. The molecule has 1 aliphatic carbocycles. The molecule has 1 unspecified atom stereocenters. The van der Waals surface area contributed by atoms with Gasteiger partial charge in [0.2, 0.25) is 0 Å². The van der Waals surface area contributed by atoms with E-state index in [1.165, 1.54) is 0 Å². The first kappa shape index (κ1) is 22.8. The number of unbranched alkanes of at least 4 members (excludes halogenated alkanes) is 2. The van der Waals surface area contributed by atoms with Crippen molar-refractivity contribution < 1.29 is 9.53 Å². The Morgan fingerprint density at radius 2 is 1.88 bits per heavy atom. The van der Waals surface area contributed by atoms with Crippen LogP contribution < -0.4 is 0 Å². The van der Waals surface area contributed by atoms with Crippen molar-refractivity contribution in [1.82, 2.24) is 0 Å². The van der Waals surface area contributed by atoms with Gasteiger partial charge in [-0.25, -0.2) is 0 Å². The number of aldehydes is 1. The molecule has 0 saturated heterocycles. The molecule has 0 spiro atoms. The molecule has 1 atom stereocenters. The van der Waals surface area contributed by atoms with Crippen molar-refractivity contribution in [2.75, 3.05) is 6.61 Å². The van der Waals surface area contributed by atoms with Crippen LogP contribution in [-0.2, 0) is 9.53 Å². The first-order valence-corrected chi connectivity index (χ1v) is 10.8. The van der Waals surface area contributed by atoms with Gasteiger partial charge in [0, 0.05) is 17.6 Å². The summed E-state index contributed by atoms with van der Waals surface area (Å²) in [5.41, 5.74) is 5.12. The summed E-state index contributed by atoms with van der Waals surface area (Å²) in [5, 5.41) is 18.5. The topological polar surface area (TPSA) is 73.9 Å². The Labute approximate surface area is 189 Å². The maximum atomic E-state index is 11.5. The quantitative estimate of drug-likeness (QED) is 0.348. The van der Waals surface area contributed by atoms with E-state index in [0.29, 0.717) is 36.3 Å². The highest BCUT2D eigenvalue weighted by Crippen LogP contribution is 2.31. The summed E-state index contributed by atoms with van der Waals surface area (Å²) in [4.78, 5) is 11.5. The highest BCUT2D eigenvalue weighted by atomic mass is 16.5. The van der Waals surface area contributed by atoms with Crippen LogP contribution in [0.25, 0.3) is 17.2 Å². The monoisotopic (exact) mass is 422 g/mol. The zero-order valence-electron chi connectivity index (χ0n) is 18.3. The Balaban J connectivity index is 1.85. The molecular weight excluding hydrogens is 396 g/mol. The van der Waals surface area contributed by atoms with Gasteiger partial charge < -0.3 is 4.74 Å². The average molecular weight is 423 g/mol. The fraction of sp³-hybridized carbons (Fsp3) is 0.250. The minimum Gasteiger partial charge on any atom is -0.493 e. The molecule has 0 aromatic heterocycles. The molecule has 0 saturated carbocycles. The van der Waals surface area contributed by atoms with Crippen molar-refractivity contribution in [3.63, 3.8) is 0 Å². The molecule has 0 radical (unpaired) electrons. The Hall–Kier alpha value is -3.89. The van der Waals surface area contributed by atoms with Gasteiger partial charge in [-0.3, -0.25) is 4.79 Å². The number of rotatable bonds is 9. The Morgan fingerprint density at radius 3 is 2.59 bits per heavy atom. The lowest BCUT2D eigenvalue weighted by molar-refractivity contribution is -0.105. The SMILES string of the molecule is CC1CC(C=O)=C(OCCCCC#N)C=C1/C=C/c1cccc(-c2ccccc2)c1C#N. The number of carbonyl (C=O) groups is 1.